The molecule has 32 heavy (non-hydrogen) atoms. The van der Waals surface area contributed by atoms with Gasteiger partial charge in [-0.3, -0.25) is 9.88 Å². The maximum atomic E-state index is 6.16. The van der Waals surface area contributed by atoms with Crippen molar-refractivity contribution in [2.75, 3.05) is 36.8 Å². The number of para-hydroxylation sites is 1. The van der Waals surface area contributed by atoms with E-state index in [9.17, 15) is 0 Å². The van der Waals surface area contributed by atoms with Crippen molar-refractivity contribution in [1.29, 1.82) is 0 Å². The molecule has 0 radical (unpaired) electrons. The minimum absolute atomic E-state index is 0.540. The Bertz CT molecular complexity index is 1250. The molecule has 5 rings (SSSR count). The van der Waals surface area contributed by atoms with Gasteiger partial charge in [0.15, 0.2) is 5.82 Å². The molecular formula is C24H26N8. The second-order valence-electron chi connectivity index (χ2n) is 8.10. The van der Waals surface area contributed by atoms with Gasteiger partial charge in [-0.1, -0.05) is 18.2 Å². The summed E-state index contributed by atoms with van der Waals surface area (Å²) in [6.45, 7) is 8.36. The van der Waals surface area contributed by atoms with Gasteiger partial charge >= 0.3 is 0 Å². The van der Waals surface area contributed by atoms with E-state index in [0.717, 1.165) is 65.7 Å². The van der Waals surface area contributed by atoms with E-state index in [1.807, 2.05) is 49.4 Å². The number of hydrogen-bond acceptors (Lipinski definition) is 8. The van der Waals surface area contributed by atoms with Crippen LogP contribution in [0.4, 0.5) is 11.6 Å². The number of aromatic nitrogens is 5. The molecule has 162 valence electrons. The van der Waals surface area contributed by atoms with E-state index in [0.29, 0.717) is 18.2 Å². The predicted molar refractivity (Wildman–Crippen MR) is 126 cm³/mol. The Hall–Kier alpha value is -3.65. The molecule has 0 atom stereocenters. The Labute approximate surface area is 187 Å². The quantitative estimate of drug-likeness (QED) is 0.532. The van der Waals surface area contributed by atoms with E-state index in [1.54, 1.807) is 6.20 Å². The first-order chi connectivity index (χ1) is 15.6. The lowest BCUT2D eigenvalue weighted by atomic mass is 10.2. The molecule has 1 saturated heterocycles. The number of anilines is 2. The van der Waals surface area contributed by atoms with Gasteiger partial charge in [-0.15, -0.1) is 0 Å². The van der Waals surface area contributed by atoms with E-state index in [-0.39, 0.29) is 0 Å². The summed E-state index contributed by atoms with van der Waals surface area (Å²) in [6, 6.07) is 13.7. The van der Waals surface area contributed by atoms with Crippen LogP contribution in [-0.2, 0) is 6.54 Å². The van der Waals surface area contributed by atoms with Crippen LogP contribution >= 0.6 is 0 Å². The van der Waals surface area contributed by atoms with Crippen molar-refractivity contribution in [1.82, 2.24) is 29.8 Å². The Kier molecular flexibility index (Phi) is 5.36. The molecule has 0 spiro atoms. The van der Waals surface area contributed by atoms with Crippen LogP contribution in [0.2, 0.25) is 0 Å². The number of piperazine rings is 1. The summed E-state index contributed by atoms with van der Waals surface area (Å²) in [6.07, 6.45) is 1.77. The molecule has 4 aromatic rings. The van der Waals surface area contributed by atoms with Gasteiger partial charge in [0.1, 0.15) is 23.2 Å². The third kappa shape index (κ3) is 3.97. The van der Waals surface area contributed by atoms with Crippen LogP contribution in [0, 0.1) is 13.8 Å². The van der Waals surface area contributed by atoms with E-state index in [4.69, 9.17) is 15.7 Å². The molecule has 0 aliphatic carbocycles. The predicted octanol–water partition coefficient (Wildman–Crippen LogP) is 3.00. The zero-order valence-electron chi connectivity index (χ0n) is 18.4. The molecule has 1 aliphatic heterocycles. The van der Waals surface area contributed by atoms with Crippen LogP contribution in [0.25, 0.3) is 22.4 Å². The Morgan fingerprint density at radius 3 is 2.44 bits per heavy atom. The van der Waals surface area contributed by atoms with Gasteiger partial charge in [-0.2, -0.15) is 0 Å². The summed E-state index contributed by atoms with van der Waals surface area (Å²) in [4.78, 5) is 27.9. The molecule has 0 bridgehead atoms. The second kappa shape index (κ2) is 8.47. The number of benzene rings is 1. The van der Waals surface area contributed by atoms with Crippen molar-refractivity contribution in [3.8, 4) is 11.5 Å². The summed E-state index contributed by atoms with van der Waals surface area (Å²) >= 11 is 0. The molecule has 0 amide bonds. The van der Waals surface area contributed by atoms with E-state index in [1.165, 1.54) is 0 Å². The molecular weight excluding hydrogens is 400 g/mol. The summed E-state index contributed by atoms with van der Waals surface area (Å²) in [5.74, 6) is 2.97. The van der Waals surface area contributed by atoms with Crippen molar-refractivity contribution in [2.24, 2.45) is 0 Å². The standard InChI is InChI=1S/C24H26N8/c1-16-17(2)27-23(20-9-5-6-10-26-20)30-24(16)32-13-11-31(12-14-32)15-21-28-19-8-4-3-7-18(19)22(25)29-21/h3-10H,11-15H2,1-2H3,(H2,25,28,29). The van der Waals surface area contributed by atoms with Gasteiger partial charge in [-0.05, 0) is 38.1 Å². The third-order valence-electron chi connectivity index (χ3n) is 5.97. The van der Waals surface area contributed by atoms with E-state index in [2.05, 4.69) is 31.7 Å². The van der Waals surface area contributed by atoms with Gasteiger partial charge < -0.3 is 10.6 Å². The first-order valence-electron chi connectivity index (χ1n) is 10.8. The average molecular weight is 427 g/mol. The third-order valence-corrected chi connectivity index (χ3v) is 5.97. The molecule has 1 aromatic carbocycles. The lowest BCUT2D eigenvalue weighted by Gasteiger charge is -2.36. The van der Waals surface area contributed by atoms with Crippen LogP contribution in [0.1, 0.15) is 17.1 Å². The van der Waals surface area contributed by atoms with Gasteiger partial charge in [0.25, 0.3) is 0 Å². The Balaban J connectivity index is 1.31. The lowest BCUT2D eigenvalue weighted by Crippen LogP contribution is -2.46. The number of nitrogens with two attached hydrogens (primary N) is 1. The molecule has 1 fully saturated rings. The molecule has 0 saturated carbocycles. The first-order valence-corrected chi connectivity index (χ1v) is 10.8. The summed E-state index contributed by atoms with van der Waals surface area (Å²) in [7, 11) is 0. The number of hydrogen-bond donors (Lipinski definition) is 1. The van der Waals surface area contributed by atoms with Crippen molar-refractivity contribution < 1.29 is 0 Å². The molecule has 8 nitrogen and oxygen atoms in total. The van der Waals surface area contributed by atoms with E-state index < -0.39 is 0 Å². The first kappa shape index (κ1) is 20.3. The highest BCUT2D eigenvalue weighted by Crippen LogP contribution is 2.25. The van der Waals surface area contributed by atoms with Crippen molar-refractivity contribution in [2.45, 2.75) is 20.4 Å². The number of nitrogen functional groups attached to an aromatic ring is 1. The monoisotopic (exact) mass is 426 g/mol. The Morgan fingerprint density at radius 1 is 0.875 bits per heavy atom. The van der Waals surface area contributed by atoms with Crippen LogP contribution < -0.4 is 10.6 Å². The second-order valence-corrected chi connectivity index (χ2v) is 8.10. The maximum Gasteiger partial charge on any atom is 0.180 e. The van der Waals surface area contributed by atoms with Gasteiger partial charge in [0.2, 0.25) is 0 Å². The SMILES string of the molecule is Cc1nc(-c2ccccn2)nc(N2CCN(Cc3nc(N)c4ccccc4n3)CC2)c1C. The lowest BCUT2D eigenvalue weighted by molar-refractivity contribution is 0.244. The zero-order chi connectivity index (χ0) is 22.1. The van der Waals surface area contributed by atoms with Crippen LogP contribution in [0.3, 0.4) is 0 Å². The molecule has 1 aliphatic rings. The number of pyridine rings is 1. The van der Waals surface area contributed by atoms with Crippen LogP contribution in [-0.4, -0.2) is 56.0 Å². The molecule has 8 heteroatoms. The molecule has 3 aromatic heterocycles. The highest BCUT2D eigenvalue weighted by molar-refractivity contribution is 5.87. The average Bonchev–Trinajstić information content (AvgIpc) is 2.82. The highest BCUT2D eigenvalue weighted by Gasteiger charge is 2.22. The smallest absolute Gasteiger partial charge is 0.180 e. The van der Waals surface area contributed by atoms with Crippen molar-refractivity contribution >= 4 is 22.5 Å². The number of nitrogens with zero attached hydrogens (tertiary/aromatic N) is 7. The zero-order valence-corrected chi connectivity index (χ0v) is 18.4. The van der Waals surface area contributed by atoms with Crippen molar-refractivity contribution in [3.63, 3.8) is 0 Å². The fourth-order valence-electron chi connectivity index (χ4n) is 4.07. The summed E-state index contributed by atoms with van der Waals surface area (Å²) < 4.78 is 0. The number of rotatable bonds is 4. The minimum Gasteiger partial charge on any atom is -0.383 e. The summed E-state index contributed by atoms with van der Waals surface area (Å²) in [5.41, 5.74) is 9.94. The Morgan fingerprint density at radius 2 is 1.66 bits per heavy atom. The minimum atomic E-state index is 0.540. The molecule has 0 unspecified atom stereocenters. The van der Waals surface area contributed by atoms with Gasteiger partial charge in [0.05, 0.1) is 12.1 Å². The largest absolute Gasteiger partial charge is 0.383 e. The van der Waals surface area contributed by atoms with Gasteiger partial charge in [-0.25, -0.2) is 19.9 Å². The topological polar surface area (TPSA) is 97.0 Å². The van der Waals surface area contributed by atoms with Gasteiger partial charge in [0, 0.05) is 49.0 Å². The molecule has 2 N–H and O–H groups in total. The van der Waals surface area contributed by atoms with Crippen molar-refractivity contribution in [3.05, 3.63) is 65.7 Å². The fraction of sp³-hybridized carbons (Fsp3) is 0.292. The summed E-state index contributed by atoms with van der Waals surface area (Å²) in [5, 5.41) is 0.902. The van der Waals surface area contributed by atoms with Crippen LogP contribution in [0.5, 0.6) is 0 Å². The van der Waals surface area contributed by atoms with Crippen LogP contribution in [0.15, 0.2) is 48.7 Å². The normalized spacial score (nSPS) is 14.8. The molecule has 4 heterocycles. The fourth-order valence-corrected chi connectivity index (χ4v) is 4.07. The number of aryl methyl sites for hydroxylation is 1. The maximum absolute atomic E-state index is 6.16. The number of fused-ring (bicyclic) bond motifs is 1. The highest BCUT2D eigenvalue weighted by atomic mass is 15.3. The van der Waals surface area contributed by atoms with E-state index >= 15 is 0 Å².